The highest BCUT2D eigenvalue weighted by Crippen LogP contribution is 2.32. The van der Waals surface area contributed by atoms with Crippen molar-refractivity contribution in [2.75, 3.05) is 6.54 Å². The summed E-state index contributed by atoms with van der Waals surface area (Å²) in [5.41, 5.74) is 2.70. The van der Waals surface area contributed by atoms with E-state index in [-0.39, 0.29) is 0 Å². The van der Waals surface area contributed by atoms with Gasteiger partial charge in [-0.3, -0.25) is 0 Å². The third-order valence-electron chi connectivity index (χ3n) is 3.00. The smallest absolute Gasteiger partial charge is 0.110 e. The minimum Gasteiger partial charge on any atom is -0.469 e. The lowest BCUT2D eigenvalue weighted by Gasteiger charge is -2.23. The Bertz CT molecular complexity index is 471. The van der Waals surface area contributed by atoms with E-state index in [0.717, 1.165) is 18.7 Å². The van der Waals surface area contributed by atoms with Crippen LogP contribution in [-0.2, 0) is 6.42 Å². The number of hydrogen-bond donors (Lipinski definition) is 1. The van der Waals surface area contributed by atoms with Crippen molar-refractivity contribution < 1.29 is 4.42 Å². The molecule has 3 heterocycles. The van der Waals surface area contributed by atoms with E-state index in [4.69, 9.17) is 4.42 Å². The van der Waals surface area contributed by atoms with Gasteiger partial charge in [-0.2, -0.15) is 0 Å². The number of rotatable bonds is 1. The van der Waals surface area contributed by atoms with Crippen molar-refractivity contribution in [1.82, 2.24) is 5.32 Å². The molecule has 78 valence electrons. The Morgan fingerprint density at radius 3 is 3.13 bits per heavy atom. The van der Waals surface area contributed by atoms with Crippen molar-refractivity contribution in [1.29, 1.82) is 0 Å². The van der Waals surface area contributed by atoms with Gasteiger partial charge < -0.3 is 9.73 Å². The summed E-state index contributed by atoms with van der Waals surface area (Å²) < 4.78 is 5.49. The first-order chi connectivity index (χ1) is 7.36. The fourth-order valence-corrected chi connectivity index (χ4v) is 2.96. The van der Waals surface area contributed by atoms with Gasteiger partial charge in [0.15, 0.2) is 0 Å². The Labute approximate surface area is 92.9 Å². The standard InChI is InChI=1S/C12H13NOS/c1-8-9(4-7-15-8)12-10-3-6-14-11(10)2-5-13-12/h3-4,6-7,12-13H,2,5H2,1H3. The number of nitrogens with one attached hydrogen (secondary N) is 1. The molecular formula is C12H13NOS. The topological polar surface area (TPSA) is 25.2 Å². The number of hydrogen-bond acceptors (Lipinski definition) is 3. The van der Waals surface area contributed by atoms with Gasteiger partial charge in [0.05, 0.1) is 12.3 Å². The maximum absolute atomic E-state index is 5.49. The minimum absolute atomic E-state index is 0.332. The zero-order chi connectivity index (χ0) is 10.3. The molecule has 1 atom stereocenters. The number of aryl methyl sites for hydroxylation is 1. The van der Waals surface area contributed by atoms with Crippen LogP contribution in [0.15, 0.2) is 28.2 Å². The molecule has 2 aromatic heterocycles. The first kappa shape index (κ1) is 9.19. The molecule has 1 N–H and O–H groups in total. The van der Waals surface area contributed by atoms with Crippen LogP contribution in [0, 0.1) is 6.92 Å². The summed E-state index contributed by atoms with van der Waals surface area (Å²) in [6, 6.07) is 4.63. The van der Waals surface area contributed by atoms with Crippen LogP contribution in [0.4, 0.5) is 0 Å². The van der Waals surface area contributed by atoms with Crippen LogP contribution in [0.3, 0.4) is 0 Å². The molecule has 0 saturated heterocycles. The zero-order valence-corrected chi connectivity index (χ0v) is 9.43. The molecular weight excluding hydrogens is 206 g/mol. The van der Waals surface area contributed by atoms with Gasteiger partial charge in [0.1, 0.15) is 5.76 Å². The van der Waals surface area contributed by atoms with Crippen LogP contribution in [0.2, 0.25) is 0 Å². The van der Waals surface area contributed by atoms with E-state index in [2.05, 4.69) is 29.8 Å². The van der Waals surface area contributed by atoms with E-state index in [0.29, 0.717) is 6.04 Å². The molecule has 0 aromatic carbocycles. The summed E-state index contributed by atoms with van der Waals surface area (Å²) in [5, 5.41) is 5.70. The average molecular weight is 219 g/mol. The molecule has 0 aliphatic carbocycles. The average Bonchev–Trinajstić information content (AvgIpc) is 2.85. The number of thiophene rings is 1. The van der Waals surface area contributed by atoms with E-state index < -0.39 is 0 Å². The Kier molecular flexibility index (Phi) is 2.15. The monoisotopic (exact) mass is 219 g/mol. The van der Waals surface area contributed by atoms with Gasteiger partial charge in [0.25, 0.3) is 0 Å². The van der Waals surface area contributed by atoms with E-state index >= 15 is 0 Å². The van der Waals surface area contributed by atoms with E-state index in [9.17, 15) is 0 Å². The van der Waals surface area contributed by atoms with E-state index in [1.165, 1.54) is 16.0 Å². The maximum Gasteiger partial charge on any atom is 0.110 e. The molecule has 0 saturated carbocycles. The highest BCUT2D eigenvalue weighted by molar-refractivity contribution is 7.10. The summed E-state index contributed by atoms with van der Waals surface area (Å²) in [6.45, 7) is 3.18. The third kappa shape index (κ3) is 1.43. The molecule has 2 nitrogen and oxygen atoms in total. The van der Waals surface area contributed by atoms with Crippen molar-refractivity contribution in [3.63, 3.8) is 0 Å². The van der Waals surface area contributed by atoms with Crippen LogP contribution in [0.5, 0.6) is 0 Å². The van der Waals surface area contributed by atoms with Crippen LogP contribution < -0.4 is 5.32 Å². The van der Waals surface area contributed by atoms with Crippen molar-refractivity contribution >= 4 is 11.3 Å². The van der Waals surface area contributed by atoms with Crippen LogP contribution in [0.1, 0.15) is 27.8 Å². The van der Waals surface area contributed by atoms with Crippen LogP contribution >= 0.6 is 11.3 Å². The summed E-state index contributed by atoms with van der Waals surface area (Å²) in [6.07, 6.45) is 2.80. The SMILES string of the molecule is Cc1sccc1C1NCCc2occc21. The largest absolute Gasteiger partial charge is 0.469 e. The molecule has 3 heteroatoms. The first-order valence-corrected chi connectivity index (χ1v) is 6.08. The van der Waals surface area contributed by atoms with Gasteiger partial charge in [-0.05, 0) is 30.0 Å². The first-order valence-electron chi connectivity index (χ1n) is 5.20. The molecule has 3 rings (SSSR count). The lowest BCUT2D eigenvalue weighted by atomic mass is 9.96. The second kappa shape index (κ2) is 3.51. The molecule has 0 fully saturated rings. The number of fused-ring (bicyclic) bond motifs is 1. The van der Waals surface area contributed by atoms with Gasteiger partial charge in [-0.1, -0.05) is 0 Å². The molecule has 0 bridgehead atoms. The molecule has 1 aliphatic rings. The Balaban J connectivity index is 2.07. The highest BCUT2D eigenvalue weighted by atomic mass is 32.1. The normalized spacial score (nSPS) is 20.2. The molecule has 15 heavy (non-hydrogen) atoms. The summed E-state index contributed by atoms with van der Waals surface area (Å²) >= 11 is 1.80. The highest BCUT2D eigenvalue weighted by Gasteiger charge is 2.24. The van der Waals surface area contributed by atoms with Gasteiger partial charge >= 0.3 is 0 Å². The quantitative estimate of drug-likeness (QED) is 0.797. The predicted molar refractivity (Wildman–Crippen MR) is 61.3 cm³/mol. The lowest BCUT2D eigenvalue weighted by molar-refractivity contribution is 0.456. The zero-order valence-electron chi connectivity index (χ0n) is 8.62. The Morgan fingerprint density at radius 1 is 1.40 bits per heavy atom. The Hall–Kier alpha value is -1.06. The van der Waals surface area contributed by atoms with Gasteiger partial charge in [-0.15, -0.1) is 11.3 Å². The maximum atomic E-state index is 5.49. The second-order valence-electron chi connectivity index (χ2n) is 3.87. The van der Waals surface area contributed by atoms with Crippen molar-refractivity contribution in [3.05, 3.63) is 45.5 Å². The molecule has 0 spiro atoms. The molecule has 1 unspecified atom stereocenters. The third-order valence-corrected chi connectivity index (χ3v) is 3.86. The van der Waals surface area contributed by atoms with Crippen LogP contribution in [0.25, 0.3) is 0 Å². The fourth-order valence-electron chi connectivity index (χ4n) is 2.22. The summed E-state index contributed by atoms with van der Waals surface area (Å²) in [5.74, 6) is 1.14. The van der Waals surface area contributed by atoms with Gasteiger partial charge in [0, 0.05) is 23.4 Å². The molecule has 2 aromatic rings. The number of furan rings is 1. The molecule has 0 radical (unpaired) electrons. The molecule has 1 aliphatic heterocycles. The molecule has 0 amide bonds. The summed E-state index contributed by atoms with van der Waals surface area (Å²) in [7, 11) is 0. The summed E-state index contributed by atoms with van der Waals surface area (Å²) in [4.78, 5) is 1.39. The van der Waals surface area contributed by atoms with Crippen molar-refractivity contribution in [2.45, 2.75) is 19.4 Å². The van der Waals surface area contributed by atoms with Gasteiger partial charge in [-0.25, -0.2) is 0 Å². The van der Waals surface area contributed by atoms with E-state index in [1.807, 2.05) is 0 Å². The van der Waals surface area contributed by atoms with E-state index in [1.54, 1.807) is 17.6 Å². The predicted octanol–water partition coefficient (Wildman–Crippen LogP) is 2.88. The van der Waals surface area contributed by atoms with Gasteiger partial charge in [0.2, 0.25) is 0 Å². The second-order valence-corrected chi connectivity index (χ2v) is 4.99. The van der Waals surface area contributed by atoms with Crippen molar-refractivity contribution in [2.24, 2.45) is 0 Å². The van der Waals surface area contributed by atoms with Crippen LogP contribution in [-0.4, -0.2) is 6.54 Å². The Morgan fingerprint density at radius 2 is 2.33 bits per heavy atom. The minimum atomic E-state index is 0.332. The fraction of sp³-hybridized carbons (Fsp3) is 0.333. The lowest BCUT2D eigenvalue weighted by Crippen LogP contribution is -2.29. The van der Waals surface area contributed by atoms with Crippen molar-refractivity contribution in [3.8, 4) is 0 Å².